The van der Waals surface area contributed by atoms with Crippen molar-refractivity contribution in [2.24, 2.45) is 0 Å². The van der Waals surface area contributed by atoms with Crippen LogP contribution in [0.25, 0.3) is 10.2 Å². The van der Waals surface area contributed by atoms with Crippen LogP contribution in [0.2, 0.25) is 0 Å². The first-order valence-corrected chi connectivity index (χ1v) is 8.66. The summed E-state index contributed by atoms with van der Waals surface area (Å²) in [7, 11) is 1.84. The van der Waals surface area contributed by atoms with E-state index in [1.807, 2.05) is 27.0 Å². The summed E-state index contributed by atoms with van der Waals surface area (Å²) >= 11 is 2.71. The van der Waals surface area contributed by atoms with Gasteiger partial charge in [-0.05, 0) is 20.0 Å². The molecule has 7 heteroatoms. The topological polar surface area (TPSA) is 75.1 Å². The zero-order valence-electron chi connectivity index (χ0n) is 13.1. The first-order valence-electron chi connectivity index (χ1n) is 6.86. The van der Waals surface area contributed by atoms with Crippen molar-refractivity contribution in [3.63, 3.8) is 0 Å². The first kappa shape index (κ1) is 18.4. The number of carbonyl (C=O) groups is 1. The highest BCUT2D eigenvalue weighted by molar-refractivity contribution is 8.00. The van der Waals surface area contributed by atoms with Crippen LogP contribution in [-0.4, -0.2) is 40.4 Å². The van der Waals surface area contributed by atoms with Gasteiger partial charge >= 0.3 is 5.97 Å². The maximum atomic E-state index is 10.7. The van der Waals surface area contributed by atoms with Crippen molar-refractivity contribution in [1.29, 1.82) is 0 Å². The van der Waals surface area contributed by atoms with Gasteiger partial charge in [0.15, 0.2) is 0 Å². The summed E-state index contributed by atoms with van der Waals surface area (Å²) in [6.07, 6.45) is 0. The lowest BCUT2D eigenvalue weighted by Gasteiger charge is -2.00. The van der Waals surface area contributed by atoms with Gasteiger partial charge in [0, 0.05) is 5.39 Å². The summed E-state index contributed by atoms with van der Waals surface area (Å²) in [5, 5.41) is 13.3. The molecule has 0 fully saturated rings. The van der Waals surface area contributed by atoms with Crippen LogP contribution in [0.1, 0.15) is 24.5 Å². The molecule has 0 bridgehead atoms. The maximum Gasteiger partial charge on any atom is 0.313 e. The monoisotopic (exact) mass is 337 g/mol. The molecule has 0 spiro atoms. The Balaban J connectivity index is 0.00000116. The minimum atomic E-state index is -0.858. The smallest absolute Gasteiger partial charge is 0.313 e. The number of aromatic nitrogens is 2. The lowest BCUT2D eigenvalue weighted by molar-refractivity contribution is -0.133. The predicted octanol–water partition coefficient (Wildman–Crippen LogP) is 2.77. The molecule has 22 heavy (non-hydrogen) atoms. The second-order valence-corrected chi connectivity index (χ2v) is 5.91. The van der Waals surface area contributed by atoms with E-state index in [1.165, 1.54) is 23.1 Å². The van der Waals surface area contributed by atoms with Gasteiger partial charge in [0.2, 0.25) is 0 Å². The van der Waals surface area contributed by atoms with Crippen LogP contribution in [0.15, 0.2) is 11.1 Å². The fourth-order valence-electron chi connectivity index (χ4n) is 1.52. The minimum absolute atomic E-state index is 0.0117. The standard InChI is InChI=1S/C13H13N3O2S2.C2H6/c1-8-15-12(19-7-11(17)18)10-6-9(4-3-5-14-2)20-13(10)16-8;1-2/h6,14H,5,7H2,1-2H3,(H,17,18);1-2H3. The Hall–Kier alpha value is -1.62. The van der Waals surface area contributed by atoms with Crippen LogP contribution in [0.5, 0.6) is 0 Å². The molecule has 0 aromatic carbocycles. The number of nitrogens with zero attached hydrogens (tertiary/aromatic N) is 2. The van der Waals surface area contributed by atoms with E-state index >= 15 is 0 Å². The Morgan fingerprint density at radius 2 is 2.18 bits per heavy atom. The van der Waals surface area contributed by atoms with Crippen molar-refractivity contribution in [3.8, 4) is 11.8 Å². The van der Waals surface area contributed by atoms with Crippen LogP contribution in [0.3, 0.4) is 0 Å². The van der Waals surface area contributed by atoms with E-state index in [2.05, 4.69) is 27.1 Å². The number of aryl methyl sites for hydroxylation is 1. The van der Waals surface area contributed by atoms with E-state index in [1.54, 1.807) is 6.92 Å². The molecule has 0 amide bonds. The van der Waals surface area contributed by atoms with Gasteiger partial charge in [0.25, 0.3) is 0 Å². The van der Waals surface area contributed by atoms with Gasteiger partial charge in [-0.3, -0.25) is 4.79 Å². The molecule has 0 aliphatic rings. The molecule has 2 aromatic heterocycles. The van der Waals surface area contributed by atoms with E-state index in [9.17, 15) is 4.79 Å². The number of hydrogen-bond donors (Lipinski definition) is 2. The fourth-order valence-corrected chi connectivity index (χ4v) is 3.30. The molecular weight excluding hydrogens is 318 g/mol. The molecule has 0 atom stereocenters. The third kappa shape index (κ3) is 5.30. The Kier molecular flexibility index (Phi) is 7.88. The normalized spacial score (nSPS) is 9.64. The van der Waals surface area contributed by atoms with Crippen LogP contribution >= 0.6 is 23.1 Å². The Morgan fingerprint density at radius 1 is 1.45 bits per heavy atom. The van der Waals surface area contributed by atoms with Gasteiger partial charge < -0.3 is 10.4 Å². The second-order valence-electron chi connectivity index (χ2n) is 3.92. The largest absolute Gasteiger partial charge is 0.481 e. The Labute approximate surface area is 138 Å². The number of thiophene rings is 1. The average Bonchev–Trinajstić information content (AvgIpc) is 2.89. The number of thioether (sulfide) groups is 1. The van der Waals surface area contributed by atoms with Crippen molar-refractivity contribution < 1.29 is 9.90 Å². The van der Waals surface area contributed by atoms with Gasteiger partial charge in [-0.1, -0.05) is 37.5 Å². The van der Waals surface area contributed by atoms with Gasteiger partial charge in [-0.25, -0.2) is 9.97 Å². The molecule has 2 heterocycles. The van der Waals surface area contributed by atoms with E-state index in [4.69, 9.17) is 5.11 Å². The zero-order chi connectivity index (χ0) is 16.5. The number of rotatable bonds is 4. The lowest BCUT2D eigenvalue weighted by atomic mass is 10.3. The molecule has 0 aliphatic carbocycles. The van der Waals surface area contributed by atoms with Gasteiger partial charge in [0.1, 0.15) is 15.7 Å². The highest BCUT2D eigenvalue weighted by atomic mass is 32.2. The molecule has 2 N–H and O–H groups in total. The molecular formula is C15H19N3O2S2. The predicted molar refractivity (Wildman–Crippen MR) is 92.7 cm³/mol. The Bertz CT molecular complexity index is 702. The highest BCUT2D eigenvalue weighted by Gasteiger charge is 2.11. The molecule has 0 radical (unpaired) electrons. The van der Waals surface area contributed by atoms with Crippen molar-refractivity contribution in [3.05, 3.63) is 16.8 Å². The second kappa shape index (κ2) is 9.41. The summed E-state index contributed by atoms with van der Waals surface area (Å²) in [5.74, 6) is 5.83. The molecule has 0 saturated carbocycles. The van der Waals surface area contributed by atoms with E-state index < -0.39 is 5.97 Å². The minimum Gasteiger partial charge on any atom is -0.481 e. The number of hydrogen-bond acceptors (Lipinski definition) is 6. The summed E-state index contributed by atoms with van der Waals surface area (Å²) in [5.41, 5.74) is 0. The fraction of sp³-hybridized carbons (Fsp3) is 0.400. The highest BCUT2D eigenvalue weighted by Crippen LogP contribution is 2.31. The molecule has 0 unspecified atom stereocenters. The molecule has 2 aromatic rings. The number of fused-ring (bicyclic) bond motifs is 1. The van der Waals surface area contributed by atoms with Crippen LogP contribution in [0, 0.1) is 18.8 Å². The molecule has 0 aliphatic heterocycles. The molecule has 5 nitrogen and oxygen atoms in total. The molecule has 118 valence electrons. The number of carboxylic acid groups (broad SMARTS) is 1. The summed E-state index contributed by atoms with van der Waals surface area (Å²) in [4.78, 5) is 21.1. The van der Waals surface area contributed by atoms with Gasteiger partial charge in [-0.2, -0.15) is 0 Å². The molecule has 0 saturated heterocycles. The number of carboxylic acids is 1. The van der Waals surface area contributed by atoms with E-state index in [0.29, 0.717) is 17.4 Å². The van der Waals surface area contributed by atoms with Crippen LogP contribution < -0.4 is 5.32 Å². The van der Waals surface area contributed by atoms with Gasteiger partial charge in [0.05, 0.1) is 17.2 Å². The molecule has 2 rings (SSSR count). The quantitative estimate of drug-likeness (QED) is 0.508. The Morgan fingerprint density at radius 3 is 2.82 bits per heavy atom. The third-order valence-electron chi connectivity index (χ3n) is 2.28. The summed E-state index contributed by atoms with van der Waals surface area (Å²) in [6.45, 7) is 6.43. The lowest BCUT2D eigenvalue weighted by Crippen LogP contribution is -2.04. The van der Waals surface area contributed by atoms with E-state index in [0.717, 1.165) is 15.1 Å². The third-order valence-corrected chi connectivity index (χ3v) is 4.20. The maximum absolute atomic E-state index is 10.7. The van der Waals surface area contributed by atoms with Crippen molar-refractivity contribution in [2.75, 3.05) is 19.3 Å². The number of aliphatic carboxylic acids is 1. The van der Waals surface area contributed by atoms with Crippen molar-refractivity contribution in [1.82, 2.24) is 15.3 Å². The van der Waals surface area contributed by atoms with Gasteiger partial charge in [-0.15, -0.1) is 11.3 Å². The first-order chi connectivity index (χ1) is 10.6. The van der Waals surface area contributed by atoms with Crippen LogP contribution in [0.4, 0.5) is 0 Å². The SMILES string of the molecule is CC.CNCC#Cc1cc2c(SCC(=O)O)nc(C)nc2s1. The summed E-state index contributed by atoms with van der Waals surface area (Å²) in [6, 6.07) is 1.92. The average molecular weight is 337 g/mol. The van der Waals surface area contributed by atoms with E-state index in [-0.39, 0.29) is 5.75 Å². The van der Waals surface area contributed by atoms with Crippen molar-refractivity contribution >= 4 is 39.3 Å². The van der Waals surface area contributed by atoms with Crippen LogP contribution in [-0.2, 0) is 4.79 Å². The number of nitrogens with one attached hydrogen (secondary N) is 1. The zero-order valence-corrected chi connectivity index (χ0v) is 14.7. The summed E-state index contributed by atoms with van der Waals surface area (Å²) < 4.78 is 0. The van der Waals surface area contributed by atoms with Crippen molar-refractivity contribution in [2.45, 2.75) is 25.8 Å².